The first kappa shape index (κ1) is 20.0. The van der Waals surface area contributed by atoms with Crippen LogP contribution in [0.2, 0.25) is 0 Å². The summed E-state index contributed by atoms with van der Waals surface area (Å²) in [4.78, 5) is 8.36. The standard InChI is InChI=1S/C16H21FN2O2.CH2O2/c1-3-13-8-9-15(19(13)20)11-4-6-12(7-5-11)16(21-2)14(18)10-17;2-1-3/h4-9,14,16,20H,3,10,18H2,1-2H3;1H,(H,2,3)/p+1. The summed E-state index contributed by atoms with van der Waals surface area (Å²) in [5.74, 6) is 0. The van der Waals surface area contributed by atoms with Crippen LogP contribution in [0.5, 0.6) is 0 Å². The normalized spacial score (nSPS) is 18.8. The zero-order valence-corrected chi connectivity index (χ0v) is 13.8. The number of nitrogens with one attached hydrogen (secondary N) is 1. The van der Waals surface area contributed by atoms with Crippen molar-refractivity contribution in [1.29, 1.82) is 0 Å². The molecule has 1 aromatic rings. The average molecular weight is 339 g/mol. The summed E-state index contributed by atoms with van der Waals surface area (Å²) in [6, 6.07) is 6.82. The Hall–Kier alpha value is -2.06. The molecule has 3 atom stereocenters. The maximum atomic E-state index is 12.7. The van der Waals surface area contributed by atoms with Gasteiger partial charge in [-0.3, -0.25) is 4.79 Å². The summed E-state index contributed by atoms with van der Waals surface area (Å²) in [5, 5.41) is 17.4. The predicted molar refractivity (Wildman–Crippen MR) is 87.9 cm³/mol. The lowest BCUT2D eigenvalue weighted by atomic mass is 10.0. The number of rotatable bonds is 6. The van der Waals surface area contributed by atoms with E-state index in [4.69, 9.17) is 20.4 Å². The van der Waals surface area contributed by atoms with Crippen LogP contribution in [-0.4, -0.2) is 36.6 Å². The van der Waals surface area contributed by atoms with Crippen LogP contribution in [0.1, 0.15) is 30.6 Å². The van der Waals surface area contributed by atoms with Gasteiger partial charge >= 0.3 is 0 Å². The van der Waals surface area contributed by atoms with E-state index in [2.05, 4.69) is 0 Å². The number of nitrogens with two attached hydrogens (primary N) is 1. The summed E-state index contributed by atoms with van der Waals surface area (Å²) in [5.41, 5.74) is 9.20. The predicted octanol–water partition coefficient (Wildman–Crippen LogP) is 1.29. The first-order valence-corrected chi connectivity index (χ1v) is 7.54. The Balaban J connectivity index is 0.000000891. The van der Waals surface area contributed by atoms with Gasteiger partial charge in [0, 0.05) is 31.2 Å². The second-order valence-corrected chi connectivity index (χ2v) is 5.18. The fourth-order valence-electron chi connectivity index (χ4n) is 2.52. The molecule has 2 rings (SSSR count). The van der Waals surface area contributed by atoms with Crippen LogP contribution in [0.25, 0.3) is 5.70 Å². The highest BCUT2D eigenvalue weighted by Crippen LogP contribution is 2.22. The molecule has 3 unspecified atom stereocenters. The molecule has 0 bridgehead atoms. The number of alkyl halides is 1. The Bertz CT molecular complexity index is 587. The molecule has 0 radical (unpaired) electrons. The van der Waals surface area contributed by atoms with Crippen LogP contribution in [-0.2, 0) is 9.53 Å². The van der Waals surface area contributed by atoms with Gasteiger partial charge in [0.15, 0.2) is 5.70 Å². The van der Waals surface area contributed by atoms with Gasteiger partial charge in [0.25, 0.3) is 6.47 Å². The van der Waals surface area contributed by atoms with E-state index in [-0.39, 0.29) is 6.47 Å². The van der Waals surface area contributed by atoms with Crippen molar-refractivity contribution in [2.24, 2.45) is 5.73 Å². The minimum atomic E-state index is -0.681. The van der Waals surface area contributed by atoms with Gasteiger partial charge in [0.1, 0.15) is 12.4 Å². The third-order valence-electron chi connectivity index (χ3n) is 3.76. The summed E-state index contributed by atoms with van der Waals surface area (Å²) in [7, 11) is 1.52. The third kappa shape index (κ3) is 4.72. The summed E-state index contributed by atoms with van der Waals surface area (Å²) in [6.45, 7) is 1.12. The largest absolute Gasteiger partial charge is 0.483 e. The highest BCUT2D eigenvalue weighted by atomic mass is 19.1. The Kier molecular flexibility index (Phi) is 8.28. The van der Waals surface area contributed by atoms with Crippen molar-refractivity contribution >= 4 is 12.2 Å². The fourth-order valence-corrected chi connectivity index (χ4v) is 2.52. The number of hydroxylamine groups is 2. The summed E-state index contributed by atoms with van der Waals surface area (Å²) in [6.07, 6.45) is 4.16. The fraction of sp³-hybridized carbons (Fsp3) is 0.353. The maximum Gasteiger partial charge on any atom is 0.290 e. The first-order chi connectivity index (χ1) is 11.5. The number of ether oxygens (including phenoxy) is 1. The van der Waals surface area contributed by atoms with Gasteiger partial charge in [-0.1, -0.05) is 19.1 Å². The third-order valence-corrected chi connectivity index (χ3v) is 3.76. The van der Waals surface area contributed by atoms with Crippen LogP contribution >= 0.6 is 0 Å². The molecule has 0 saturated carbocycles. The van der Waals surface area contributed by atoms with E-state index in [0.717, 1.165) is 28.9 Å². The molecular formula is C17H24FN2O4+. The highest BCUT2D eigenvalue weighted by molar-refractivity contribution is 5.62. The van der Waals surface area contributed by atoms with E-state index >= 15 is 0 Å². The van der Waals surface area contributed by atoms with Crippen LogP contribution < -0.4 is 10.8 Å². The molecule has 132 valence electrons. The van der Waals surface area contributed by atoms with Crippen LogP contribution in [0.4, 0.5) is 4.39 Å². The number of halogens is 1. The quantitative estimate of drug-likeness (QED) is 0.586. The van der Waals surface area contributed by atoms with E-state index < -0.39 is 18.8 Å². The molecule has 1 aliphatic rings. The molecule has 0 aliphatic carbocycles. The van der Waals surface area contributed by atoms with E-state index in [1.165, 1.54) is 7.11 Å². The minimum absolute atomic E-state index is 0.250. The van der Waals surface area contributed by atoms with Crippen molar-refractivity contribution in [3.8, 4) is 0 Å². The number of carboxylic acid groups (broad SMARTS) is 1. The van der Waals surface area contributed by atoms with Gasteiger partial charge in [0.05, 0.1) is 12.1 Å². The lowest BCUT2D eigenvalue weighted by Gasteiger charge is -2.21. The number of hydrogen-bond acceptors (Lipinski definition) is 4. The van der Waals surface area contributed by atoms with Crippen molar-refractivity contribution in [2.45, 2.75) is 25.5 Å². The van der Waals surface area contributed by atoms with Crippen molar-refractivity contribution in [3.63, 3.8) is 0 Å². The Morgan fingerprint density at radius 2 is 1.92 bits per heavy atom. The van der Waals surface area contributed by atoms with E-state index in [1.807, 2.05) is 43.3 Å². The van der Waals surface area contributed by atoms with Gasteiger partial charge in [0.2, 0.25) is 0 Å². The number of quaternary nitrogens is 1. The Labute approximate surface area is 140 Å². The lowest BCUT2D eigenvalue weighted by Crippen LogP contribution is -3.04. The SMILES string of the molecule is CCC1=CC=C(c2ccc(C(OC)C(N)CF)cc2)[NH+]1O.O=CO. The Morgan fingerprint density at radius 3 is 2.33 bits per heavy atom. The average Bonchev–Trinajstić information content (AvgIpc) is 2.97. The number of methoxy groups -OCH3 is 1. The van der Waals surface area contributed by atoms with Gasteiger partial charge in [-0.2, -0.15) is 0 Å². The molecule has 0 saturated heterocycles. The molecule has 7 heteroatoms. The monoisotopic (exact) mass is 339 g/mol. The van der Waals surface area contributed by atoms with Crippen LogP contribution in [0, 0.1) is 0 Å². The molecule has 5 N–H and O–H groups in total. The number of hydrogen-bond donors (Lipinski definition) is 4. The minimum Gasteiger partial charge on any atom is -0.483 e. The second-order valence-electron chi connectivity index (χ2n) is 5.18. The zero-order chi connectivity index (χ0) is 18.1. The van der Waals surface area contributed by atoms with E-state index in [0.29, 0.717) is 5.06 Å². The number of carbonyl (C=O) groups is 1. The summed E-state index contributed by atoms with van der Waals surface area (Å²) >= 11 is 0. The van der Waals surface area contributed by atoms with Crippen molar-refractivity contribution in [3.05, 3.63) is 53.2 Å². The van der Waals surface area contributed by atoms with Crippen LogP contribution in [0.15, 0.2) is 42.1 Å². The molecule has 0 fully saturated rings. The molecule has 24 heavy (non-hydrogen) atoms. The molecule has 1 aromatic carbocycles. The number of benzene rings is 1. The van der Waals surface area contributed by atoms with Gasteiger partial charge in [-0.05, 0) is 17.7 Å². The molecule has 0 spiro atoms. The topological polar surface area (TPSA) is 97.2 Å². The molecule has 0 aromatic heterocycles. The van der Waals surface area contributed by atoms with Crippen LogP contribution in [0.3, 0.4) is 0 Å². The van der Waals surface area contributed by atoms with Crippen molar-refractivity contribution in [2.75, 3.05) is 13.8 Å². The first-order valence-electron chi connectivity index (χ1n) is 7.54. The highest BCUT2D eigenvalue weighted by Gasteiger charge is 2.25. The zero-order valence-electron chi connectivity index (χ0n) is 13.8. The van der Waals surface area contributed by atoms with E-state index in [1.54, 1.807) is 0 Å². The summed E-state index contributed by atoms with van der Waals surface area (Å²) < 4.78 is 18.0. The smallest absolute Gasteiger partial charge is 0.290 e. The van der Waals surface area contributed by atoms with Gasteiger partial charge in [-0.25, -0.2) is 9.60 Å². The molecule has 6 nitrogen and oxygen atoms in total. The molecule has 1 aliphatic heterocycles. The van der Waals surface area contributed by atoms with Gasteiger partial charge < -0.3 is 15.6 Å². The molecular weight excluding hydrogens is 315 g/mol. The van der Waals surface area contributed by atoms with Crippen molar-refractivity contribution in [1.82, 2.24) is 0 Å². The van der Waals surface area contributed by atoms with E-state index in [9.17, 15) is 9.60 Å². The molecule has 1 heterocycles. The maximum absolute atomic E-state index is 12.7. The number of allylic oxidation sites excluding steroid dienone is 3. The van der Waals surface area contributed by atoms with Crippen molar-refractivity contribution < 1.29 is 29.3 Å². The lowest BCUT2D eigenvalue weighted by molar-refractivity contribution is -0.994. The molecule has 0 amide bonds. The Morgan fingerprint density at radius 1 is 1.33 bits per heavy atom. The van der Waals surface area contributed by atoms with Gasteiger partial charge in [-0.15, -0.1) is 5.06 Å². The second kappa shape index (κ2) is 9.94.